The van der Waals surface area contributed by atoms with Crippen molar-refractivity contribution in [2.75, 3.05) is 24.2 Å². The van der Waals surface area contributed by atoms with E-state index in [0.29, 0.717) is 18.2 Å². The summed E-state index contributed by atoms with van der Waals surface area (Å²) in [6, 6.07) is 0. The van der Waals surface area contributed by atoms with E-state index in [-0.39, 0.29) is 5.91 Å². The van der Waals surface area contributed by atoms with Gasteiger partial charge in [-0.3, -0.25) is 9.78 Å². The topological polar surface area (TPSA) is 92.9 Å². The van der Waals surface area contributed by atoms with Crippen molar-refractivity contribution in [2.45, 2.75) is 13.8 Å². The Labute approximate surface area is 94.7 Å². The van der Waals surface area contributed by atoms with Gasteiger partial charge in [0.2, 0.25) is 5.91 Å². The Hall–Kier alpha value is -1.85. The molecule has 0 atom stereocenters. The average Bonchev–Trinajstić information content (AvgIpc) is 2.26. The summed E-state index contributed by atoms with van der Waals surface area (Å²) >= 11 is 0. The van der Waals surface area contributed by atoms with Crippen molar-refractivity contribution in [3.8, 4) is 0 Å². The summed E-state index contributed by atoms with van der Waals surface area (Å²) in [4.78, 5) is 19.3. The van der Waals surface area contributed by atoms with E-state index in [4.69, 9.17) is 5.73 Å². The molecule has 0 aliphatic rings. The van der Waals surface area contributed by atoms with E-state index in [1.807, 2.05) is 0 Å². The summed E-state index contributed by atoms with van der Waals surface area (Å²) in [6.45, 7) is 3.97. The molecule has 0 saturated heterocycles. The van der Waals surface area contributed by atoms with Crippen LogP contribution in [0.3, 0.4) is 0 Å². The monoisotopic (exact) mass is 223 g/mol. The van der Waals surface area contributed by atoms with Crippen LogP contribution in [0.2, 0.25) is 0 Å². The van der Waals surface area contributed by atoms with Crippen molar-refractivity contribution >= 4 is 17.5 Å². The van der Waals surface area contributed by atoms with Crippen molar-refractivity contribution in [1.29, 1.82) is 0 Å². The van der Waals surface area contributed by atoms with Gasteiger partial charge in [-0.25, -0.2) is 4.98 Å². The SMILES string of the molecule is CNc1cncc(NCC(C)(C)C(N)=O)n1. The lowest BCUT2D eigenvalue weighted by atomic mass is 9.93. The molecule has 1 heterocycles. The lowest BCUT2D eigenvalue weighted by Crippen LogP contribution is -2.37. The highest BCUT2D eigenvalue weighted by Gasteiger charge is 2.24. The molecule has 0 radical (unpaired) electrons. The van der Waals surface area contributed by atoms with Gasteiger partial charge in [0.1, 0.15) is 11.6 Å². The van der Waals surface area contributed by atoms with Crippen LogP contribution in [0, 0.1) is 5.41 Å². The number of anilines is 2. The molecule has 0 aromatic carbocycles. The van der Waals surface area contributed by atoms with Gasteiger partial charge in [-0.05, 0) is 13.8 Å². The van der Waals surface area contributed by atoms with E-state index in [2.05, 4.69) is 20.6 Å². The number of nitrogens with two attached hydrogens (primary N) is 1. The summed E-state index contributed by atoms with van der Waals surface area (Å²) in [7, 11) is 1.77. The minimum Gasteiger partial charge on any atom is -0.372 e. The van der Waals surface area contributed by atoms with E-state index < -0.39 is 5.41 Å². The zero-order chi connectivity index (χ0) is 12.2. The van der Waals surface area contributed by atoms with E-state index in [9.17, 15) is 4.79 Å². The van der Waals surface area contributed by atoms with E-state index in [1.54, 1.807) is 33.3 Å². The maximum absolute atomic E-state index is 11.1. The molecular weight excluding hydrogens is 206 g/mol. The van der Waals surface area contributed by atoms with Gasteiger partial charge in [-0.2, -0.15) is 0 Å². The van der Waals surface area contributed by atoms with Gasteiger partial charge in [0.15, 0.2) is 0 Å². The van der Waals surface area contributed by atoms with Crippen molar-refractivity contribution in [1.82, 2.24) is 9.97 Å². The summed E-state index contributed by atoms with van der Waals surface area (Å²) in [5.74, 6) is 0.931. The van der Waals surface area contributed by atoms with Crippen molar-refractivity contribution in [3.05, 3.63) is 12.4 Å². The summed E-state index contributed by atoms with van der Waals surface area (Å²) < 4.78 is 0. The van der Waals surface area contributed by atoms with Crippen LogP contribution in [0.25, 0.3) is 0 Å². The number of carbonyl (C=O) groups is 1. The molecule has 16 heavy (non-hydrogen) atoms. The second kappa shape index (κ2) is 4.78. The zero-order valence-electron chi connectivity index (χ0n) is 9.74. The fraction of sp³-hybridized carbons (Fsp3) is 0.500. The minimum absolute atomic E-state index is 0.349. The Morgan fingerprint density at radius 2 is 2.06 bits per heavy atom. The van der Waals surface area contributed by atoms with Crippen LogP contribution in [-0.4, -0.2) is 29.5 Å². The number of aromatic nitrogens is 2. The van der Waals surface area contributed by atoms with Crippen molar-refractivity contribution in [2.24, 2.45) is 11.1 Å². The fourth-order valence-electron chi connectivity index (χ4n) is 0.970. The first-order valence-electron chi connectivity index (χ1n) is 4.99. The van der Waals surface area contributed by atoms with E-state index in [1.165, 1.54) is 0 Å². The third-order valence-electron chi connectivity index (χ3n) is 2.27. The van der Waals surface area contributed by atoms with Gasteiger partial charge in [0.05, 0.1) is 17.8 Å². The molecule has 1 amide bonds. The normalized spacial score (nSPS) is 10.9. The van der Waals surface area contributed by atoms with Crippen molar-refractivity contribution in [3.63, 3.8) is 0 Å². The number of rotatable bonds is 5. The molecule has 0 spiro atoms. The second-order valence-corrected chi connectivity index (χ2v) is 4.14. The average molecular weight is 223 g/mol. The Morgan fingerprint density at radius 3 is 2.62 bits per heavy atom. The molecule has 6 nitrogen and oxygen atoms in total. The van der Waals surface area contributed by atoms with Crippen molar-refractivity contribution < 1.29 is 4.79 Å². The lowest BCUT2D eigenvalue weighted by molar-refractivity contribution is -0.125. The Morgan fingerprint density at radius 1 is 1.44 bits per heavy atom. The molecule has 1 aromatic rings. The van der Waals surface area contributed by atoms with Crippen LogP contribution >= 0.6 is 0 Å². The zero-order valence-corrected chi connectivity index (χ0v) is 9.74. The standard InChI is InChI=1S/C10H17N5O/c1-10(2,9(11)16)6-14-8-5-13-4-7(12-3)15-8/h4-5H,6H2,1-3H3,(H2,11,16)(H2,12,14,15). The third-order valence-corrected chi connectivity index (χ3v) is 2.27. The number of hydrogen-bond donors (Lipinski definition) is 3. The second-order valence-electron chi connectivity index (χ2n) is 4.14. The van der Waals surface area contributed by atoms with Gasteiger partial charge < -0.3 is 16.4 Å². The highest BCUT2D eigenvalue weighted by Crippen LogP contribution is 2.15. The molecule has 4 N–H and O–H groups in total. The predicted octanol–water partition coefficient (Wildman–Crippen LogP) is 0.442. The fourth-order valence-corrected chi connectivity index (χ4v) is 0.970. The number of nitrogens with zero attached hydrogens (tertiary/aromatic N) is 2. The van der Waals surface area contributed by atoms with Crippen LogP contribution in [0.4, 0.5) is 11.6 Å². The Balaban J connectivity index is 2.64. The Bertz CT molecular complexity index is 377. The highest BCUT2D eigenvalue weighted by molar-refractivity contribution is 5.80. The molecule has 0 unspecified atom stereocenters. The molecule has 1 aromatic heterocycles. The summed E-state index contributed by atoms with van der Waals surface area (Å²) in [6.07, 6.45) is 3.21. The predicted molar refractivity (Wildman–Crippen MR) is 63.0 cm³/mol. The quantitative estimate of drug-likeness (QED) is 0.673. The first kappa shape index (κ1) is 12.2. The minimum atomic E-state index is -0.614. The number of hydrogen-bond acceptors (Lipinski definition) is 5. The maximum atomic E-state index is 11.1. The molecule has 0 bridgehead atoms. The van der Waals surface area contributed by atoms with E-state index >= 15 is 0 Å². The largest absolute Gasteiger partial charge is 0.372 e. The van der Waals surface area contributed by atoms with Crippen LogP contribution < -0.4 is 16.4 Å². The smallest absolute Gasteiger partial charge is 0.224 e. The van der Waals surface area contributed by atoms with Gasteiger partial charge in [0, 0.05) is 13.6 Å². The van der Waals surface area contributed by atoms with Crippen LogP contribution in [-0.2, 0) is 4.79 Å². The number of carbonyl (C=O) groups excluding carboxylic acids is 1. The molecule has 0 aliphatic carbocycles. The molecule has 0 saturated carbocycles. The van der Waals surface area contributed by atoms with Crippen LogP contribution in [0.5, 0.6) is 0 Å². The number of nitrogens with one attached hydrogen (secondary N) is 2. The van der Waals surface area contributed by atoms with E-state index in [0.717, 1.165) is 0 Å². The lowest BCUT2D eigenvalue weighted by Gasteiger charge is -2.20. The summed E-state index contributed by atoms with van der Waals surface area (Å²) in [5.41, 5.74) is 4.65. The van der Waals surface area contributed by atoms with Crippen LogP contribution in [0.15, 0.2) is 12.4 Å². The molecular formula is C10H17N5O. The van der Waals surface area contributed by atoms with Crippen LogP contribution in [0.1, 0.15) is 13.8 Å². The van der Waals surface area contributed by atoms with Gasteiger partial charge in [-0.15, -0.1) is 0 Å². The molecule has 0 aliphatic heterocycles. The highest BCUT2D eigenvalue weighted by atomic mass is 16.1. The first-order valence-corrected chi connectivity index (χ1v) is 4.99. The molecule has 0 fully saturated rings. The molecule has 1 rings (SSSR count). The molecule has 88 valence electrons. The number of primary amides is 1. The third kappa shape index (κ3) is 3.08. The van der Waals surface area contributed by atoms with Gasteiger partial charge >= 0.3 is 0 Å². The number of amides is 1. The maximum Gasteiger partial charge on any atom is 0.224 e. The summed E-state index contributed by atoms with van der Waals surface area (Å²) in [5, 5.41) is 5.91. The molecule has 6 heteroatoms. The van der Waals surface area contributed by atoms with Gasteiger partial charge in [-0.1, -0.05) is 0 Å². The van der Waals surface area contributed by atoms with Gasteiger partial charge in [0.25, 0.3) is 0 Å². The first-order chi connectivity index (χ1) is 7.45. The Kier molecular flexibility index (Phi) is 3.65.